The lowest BCUT2D eigenvalue weighted by atomic mass is 9.94. The van der Waals surface area contributed by atoms with Crippen molar-refractivity contribution in [3.05, 3.63) is 72.4 Å². The molecule has 46 heavy (non-hydrogen) atoms. The van der Waals surface area contributed by atoms with Gasteiger partial charge in [-0.25, -0.2) is 14.6 Å². The van der Waals surface area contributed by atoms with Crippen LogP contribution in [0.4, 0.5) is 24.8 Å². The average Bonchev–Trinajstić information content (AvgIpc) is 3.48. The normalized spacial score (nSPS) is 15.1. The summed E-state index contributed by atoms with van der Waals surface area (Å²) in [5.74, 6) is 1.74. The second-order valence-corrected chi connectivity index (χ2v) is 14.5. The third kappa shape index (κ3) is 8.54. The van der Waals surface area contributed by atoms with Crippen LogP contribution in [0, 0.1) is 10.8 Å². The van der Waals surface area contributed by atoms with Gasteiger partial charge in [-0.1, -0.05) is 63.9 Å². The smallest absolute Gasteiger partial charge is 0.397 e. The first-order chi connectivity index (χ1) is 21.8. The van der Waals surface area contributed by atoms with E-state index in [1.54, 1.807) is 16.9 Å². The van der Waals surface area contributed by atoms with E-state index in [1.807, 2.05) is 36.4 Å². The molecule has 0 amide bonds. The molecule has 0 saturated carbocycles. The molecule has 7 nitrogen and oxygen atoms in total. The first kappa shape index (κ1) is 33.6. The Balaban J connectivity index is 1.48. The lowest BCUT2D eigenvalue weighted by Crippen LogP contribution is -2.37. The fourth-order valence-electron chi connectivity index (χ4n) is 5.28. The fraction of sp³-hybridized carbons (Fsp3) is 0.457. The maximum atomic E-state index is 13.4. The van der Waals surface area contributed by atoms with E-state index in [2.05, 4.69) is 53.7 Å². The minimum absolute atomic E-state index is 0.117. The van der Waals surface area contributed by atoms with E-state index in [0.717, 1.165) is 75.4 Å². The van der Waals surface area contributed by atoms with Crippen LogP contribution in [0.3, 0.4) is 0 Å². The van der Waals surface area contributed by atoms with Crippen molar-refractivity contribution in [1.82, 2.24) is 19.7 Å². The van der Waals surface area contributed by atoms with Crippen LogP contribution in [0.1, 0.15) is 65.9 Å². The van der Waals surface area contributed by atoms with Crippen LogP contribution in [0.15, 0.2) is 71.9 Å². The molecule has 0 fully saturated rings. The standard InChI is InChI=1S/C35H43F3N6OS/c1-33(2,3)23-43-21-11-7-6-8-13-25-14-9-10-15-26(25)32-27(18-19-28(39-32)42-46-31-17-12-16-29(43)40-31)44-22-20-30(41-44)45-24-34(4,5)35(36,37)38/h9-10,12,14-20,22H,6-8,11,13,21,23-24H2,1-5H3,(H,39,42). The van der Waals surface area contributed by atoms with Crippen molar-refractivity contribution in [2.45, 2.75) is 77.9 Å². The van der Waals surface area contributed by atoms with Crippen LogP contribution < -0.4 is 14.4 Å². The number of nitrogens with one attached hydrogen (secondary N) is 1. The molecule has 11 heteroatoms. The minimum Gasteiger partial charge on any atom is -0.476 e. The Morgan fingerprint density at radius 2 is 1.65 bits per heavy atom. The van der Waals surface area contributed by atoms with Crippen molar-refractivity contribution in [3.63, 3.8) is 0 Å². The maximum absolute atomic E-state index is 13.4. The number of ether oxygens (including phenoxy) is 1. The molecular weight excluding hydrogens is 609 g/mol. The molecule has 0 radical (unpaired) electrons. The predicted octanol–water partition coefficient (Wildman–Crippen LogP) is 9.38. The Hall–Kier alpha value is -3.73. The molecule has 1 N–H and O–H groups in total. The Morgan fingerprint density at radius 1 is 0.870 bits per heavy atom. The van der Waals surface area contributed by atoms with Crippen LogP contribution in [0.2, 0.25) is 0 Å². The Bertz CT molecular complexity index is 1610. The van der Waals surface area contributed by atoms with Gasteiger partial charge in [-0.05, 0) is 68.4 Å². The predicted molar refractivity (Wildman–Crippen MR) is 180 cm³/mol. The van der Waals surface area contributed by atoms with Crippen LogP contribution in [-0.2, 0) is 6.42 Å². The second kappa shape index (κ2) is 13.9. The van der Waals surface area contributed by atoms with Gasteiger partial charge in [0, 0.05) is 42.9 Å². The third-order valence-corrected chi connectivity index (χ3v) is 8.64. The fourth-order valence-corrected chi connectivity index (χ4v) is 5.88. The van der Waals surface area contributed by atoms with Crippen molar-refractivity contribution in [2.75, 3.05) is 29.3 Å². The number of halogens is 3. The van der Waals surface area contributed by atoms with Crippen molar-refractivity contribution in [3.8, 4) is 22.8 Å². The zero-order valence-corrected chi connectivity index (χ0v) is 28.0. The van der Waals surface area contributed by atoms with E-state index in [4.69, 9.17) is 14.7 Å². The number of aryl methyl sites for hydroxylation is 1. The lowest BCUT2D eigenvalue weighted by molar-refractivity contribution is -0.219. The van der Waals surface area contributed by atoms with Gasteiger partial charge in [0.15, 0.2) is 0 Å². The number of hydrogen-bond donors (Lipinski definition) is 1. The van der Waals surface area contributed by atoms with Gasteiger partial charge in [0.05, 0.1) is 16.8 Å². The summed E-state index contributed by atoms with van der Waals surface area (Å²) in [6.07, 6.45) is 2.56. The first-order valence-electron chi connectivity index (χ1n) is 15.8. The van der Waals surface area contributed by atoms with E-state index in [1.165, 1.54) is 17.5 Å². The summed E-state index contributed by atoms with van der Waals surface area (Å²) in [5.41, 5.74) is 1.71. The molecule has 3 aromatic heterocycles. The van der Waals surface area contributed by atoms with E-state index in [9.17, 15) is 13.2 Å². The van der Waals surface area contributed by atoms with Crippen LogP contribution >= 0.6 is 11.9 Å². The number of fused-ring (bicyclic) bond motifs is 6. The number of rotatable bonds is 5. The molecular formula is C35H43F3N6OS. The average molecular weight is 653 g/mol. The van der Waals surface area contributed by atoms with Gasteiger partial charge in [0.2, 0.25) is 5.88 Å². The molecule has 0 atom stereocenters. The number of benzene rings is 1. The summed E-state index contributed by atoms with van der Waals surface area (Å²) in [6.45, 7) is 10.3. The van der Waals surface area contributed by atoms with E-state index in [-0.39, 0.29) is 11.3 Å². The molecule has 5 rings (SSSR count). The Morgan fingerprint density at radius 3 is 2.43 bits per heavy atom. The van der Waals surface area contributed by atoms with Crippen molar-refractivity contribution >= 4 is 23.6 Å². The van der Waals surface area contributed by atoms with Crippen molar-refractivity contribution in [1.29, 1.82) is 0 Å². The molecule has 0 spiro atoms. The van der Waals surface area contributed by atoms with Gasteiger partial charge in [-0.15, -0.1) is 5.10 Å². The molecule has 4 bridgehead atoms. The zero-order chi connectivity index (χ0) is 33.0. The summed E-state index contributed by atoms with van der Waals surface area (Å²) in [6, 6.07) is 19.7. The van der Waals surface area contributed by atoms with Gasteiger partial charge in [-0.3, -0.25) is 0 Å². The molecule has 4 aromatic rings. The summed E-state index contributed by atoms with van der Waals surface area (Å²) >= 11 is 1.41. The van der Waals surface area contributed by atoms with Crippen LogP contribution in [-0.4, -0.2) is 45.6 Å². The third-order valence-electron chi connectivity index (χ3n) is 7.89. The van der Waals surface area contributed by atoms with Gasteiger partial charge < -0.3 is 14.4 Å². The Labute approximate surface area is 274 Å². The van der Waals surface area contributed by atoms with Crippen molar-refractivity contribution in [2.24, 2.45) is 10.8 Å². The van der Waals surface area contributed by atoms with E-state index >= 15 is 0 Å². The monoisotopic (exact) mass is 652 g/mol. The van der Waals surface area contributed by atoms with E-state index in [0.29, 0.717) is 17.2 Å². The highest BCUT2D eigenvalue weighted by Gasteiger charge is 2.48. The summed E-state index contributed by atoms with van der Waals surface area (Å²) in [4.78, 5) is 12.4. The summed E-state index contributed by atoms with van der Waals surface area (Å²) in [5, 5.41) is 5.32. The topological polar surface area (TPSA) is 68.1 Å². The minimum atomic E-state index is -4.39. The highest BCUT2D eigenvalue weighted by Crippen LogP contribution is 2.38. The Kier molecular flexibility index (Phi) is 10.2. The molecule has 0 saturated heterocycles. The molecule has 246 valence electrons. The second-order valence-electron chi connectivity index (χ2n) is 13.7. The van der Waals surface area contributed by atoms with E-state index < -0.39 is 18.2 Å². The highest BCUT2D eigenvalue weighted by molar-refractivity contribution is 8.00. The lowest BCUT2D eigenvalue weighted by Gasteiger charge is -2.31. The zero-order valence-electron chi connectivity index (χ0n) is 27.2. The summed E-state index contributed by atoms with van der Waals surface area (Å²) < 4.78 is 50.7. The number of alkyl halides is 3. The van der Waals surface area contributed by atoms with Crippen molar-refractivity contribution < 1.29 is 17.9 Å². The van der Waals surface area contributed by atoms with Gasteiger partial charge in [0.25, 0.3) is 0 Å². The maximum Gasteiger partial charge on any atom is 0.397 e. The van der Waals surface area contributed by atoms with Gasteiger partial charge in [-0.2, -0.15) is 13.2 Å². The molecule has 0 unspecified atom stereocenters. The molecule has 1 aromatic carbocycles. The van der Waals surface area contributed by atoms with Gasteiger partial charge in [0.1, 0.15) is 23.3 Å². The largest absolute Gasteiger partial charge is 0.476 e. The molecule has 1 aliphatic heterocycles. The first-order valence-corrected chi connectivity index (χ1v) is 16.6. The molecule has 1 aliphatic rings. The molecule has 4 heterocycles. The number of hydrogen-bond acceptors (Lipinski definition) is 7. The number of anilines is 2. The molecule has 0 aliphatic carbocycles. The number of aromatic nitrogens is 4. The SMILES string of the molecule is CC(C)(C)CN1CCCCCCc2ccccc2-c2nc(ccc2-n2ccc(OCC(C)(C)C(F)(F)F)n2)NSc2cccc1n2. The van der Waals surface area contributed by atoms with Gasteiger partial charge >= 0.3 is 6.18 Å². The number of nitrogens with zero attached hydrogens (tertiary/aromatic N) is 5. The summed E-state index contributed by atoms with van der Waals surface area (Å²) in [7, 11) is 0. The van der Waals surface area contributed by atoms with Crippen LogP contribution in [0.25, 0.3) is 16.9 Å². The van der Waals surface area contributed by atoms with Crippen LogP contribution in [0.5, 0.6) is 5.88 Å². The quantitative estimate of drug-likeness (QED) is 0.216. The highest BCUT2D eigenvalue weighted by atomic mass is 32.2. The number of pyridine rings is 2.